The Kier molecular flexibility index (Phi) is 4.57. The molecule has 3 rings (SSSR count). The van der Waals surface area contributed by atoms with Crippen LogP contribution in [0.4, 0.5) is 0 Å². The molecule has 2 aromatic rings. The number of aromatic nitrogens is 1. The second-order valence-electron chi connectivity index (χ2n) is 6.33. The van der Waals surface area contributed by atoms with Gasteiger partial charge in [-0.3, -0.25) is 4.90 Å². The molecule has 1 aliphatic rings. The van der Waals surface area contributed by atoms with Gasteiger partial charge >= 0.3 is 0 Å². The molecule has 5 heteroatoms. The predicted molar refractivity (Wildman–Crippen MR) is 87.9 cm³/mol. The first kappa shape index (κ1) is 15.9. The summed E-state index contributed by atoms with van der Waals surface area (Å²) < 4.78 is 16.8. The summed E-state index contributed by atoms with van der Waals surface area (Å²) in [5.41, 5.74) is 2.16. The van der Waals surface area contributed by atoms with Gasteiger partial charge in [0.2, 0.25) is 0 Å². The number of fused-ring (bicyclic) bond motifs is 1. The van der Waals surface area contributed by atoms with E-state index in [2.05, 4.69) is 49.8 Å². The lowest BCUT2D eigenvalue weighted by Crippen LogP contribution is -2.22. The molecule has 0 N–H and O–H groups in total. The fourth-order valence-corrected chi connectivity index (χ4v) is 2.63. The van der Waals surface area contributed by atoms with E-state index in [1.807, 2.05) is 6.07 Å². The van der Waals surface area contributed by atoms with Crippen molar-refractivity contribution in [3.63, 3.8) is 0 Å². The standard InChI is InChI=1S/C18H24N2O3/c1-12(2)18-19-15(11-23-18)10-20(4)13(3)14-5-6-16-17(9-14)22-8-7-21-16/h5-6,9,11-13H,7-8,10H2,1-4H3/t13-/m0/s1. The van der Waals surface area contributed by atoms with Crippen LogP contribution in [0.3, 0.4) is 0 Å². The summed E-state index contributed by atoms with van der Waals surface area (Å²) in [4.78, 5) is 6.79. The zero-order valence-electron chi connectivity index (χ0n) is 14.2. The molecular formula is C18H24N2O3. The van der Waals surface area contributed by atoms with Crippen LogP contribution in [0.5, 0.6) is 11.5 Å². The molecule has 23 heavy (non-hydrogen) atoms. The monoisotopic (exact) mass is 316 g/mol. The highest BCUT2D eigenvalue weighted by Crippen LogP contribution is 2.34. The Hall–Kier alpha value is -2.01. The smallest absolute Gasteiger partial charge is 0.196 e. The molecular weight excluding hydrogens is 292 g/mol. The van der Waals surface area contributed by atoms with Gasteiger partial charge in [-0.05, 0) is 31.7 Å². The predicted octanol–water partition coefficient (Wildman–Crippen LogP) is 3.76. The Balaban J connectivity index is 1.70. The topological polar surface area (TPSA) is 47.7 Å². The van der Waals surface area contributed by atoms with Gasteiger partial charge in [0.25, 0.3) is 0 Å². The Morgan fingerprint density at radius 2 is 1.87 bits per heavy atom. The molecule has 0 unspecified atom stereocenters. The van der Waals surface area contributed by atoms with Crippen molar-refractivity contribution in [2.45, 2.75) is 39.3 Å². The van der Waals surface area contributed by atoms with E-state index in [9.17, 15) is 0 Å². The maximum absolute atomic E-state index is 5.67. The number of hydrogen-bond acceptors (Lipinski definition) is 5. The van der Waals surface area contributed by atoms with Crippen LogP contribution >= 0.6 is 0 Å². The lowest BCUT2D eigenvalue weighted by atomic mass is 10.1. The first-order valence-corrected chi connectivity index (χ1v) is 8.08. The van der Waals surface area contributed by atoms with Crippen molar-refractivity contribution < 1.29 is 13.9 Å². The van der Waals surface area contributed by atoms with Crippen molar-refractivity contribution in [1.82, 2.24) is 9.88 Å². The van der Waals surface area contributed by atoms with E-state index in [-0.39, 0.29) is 6.04 Å². The molecule has 0 amide bonds. The van der Waals surface area contributed by atoms with E-state index < -0.39 is 0 Å². The van der Waals surface area contributed by atoms with Crippen molar-refractivity contribution >= 4 is 0 Å². The van der Waals surface area contributed by atoms with Gasteiger partial charge in [-0.2, -0.15) is 0 Å². The van der Waals surface area contributed by atoms with Gasteiger partial charge in [0.1, 0.15) is 19.5 Å². The summed E-state index contributed by atoms with van der Waals surface area (Å²) in [6.07, 6.45) is 1.75. The van der Waals surface area contributed by atoms with Crippen LogP contribution in [0.1, 0.15) is 49.9 Å². The van der Waals surface area contributed by atoms with E-state index >= 15 is 0 Å². The van der Waals surface area contributed by atoms with E-state index in [0.717, 1.165) is 29.6 Å². The average molecular weight is 316 g/mol. The third-order valence-corrected chi connectivity index (χ3v) is 4.18. The average Bonchev–Trinajstić information content (AvgIpc) is 3.02. The molecule has 0 fully saturated rings. The van der Waals surface area contributed by atoms with Crippen LogP contribution in [0, 0.1) is 0 Å². The van der Waals surface area contributed by atoms with Crippen LogP contribution in [-0.4, -0.2) is 30.1 Å². The van der Waals surface area contributed by atoms with Gasteiger partial charge in [0, 0.05) is 18.5 Å². The summed E-state index contributed by atoms with van der Waals surface area (Å²) >= 11 is 0. The maximum Gasteiger partial charge on any atom is 0.196 e. The third-order valence-electron chi connectivity index (χ3n) is 4.18. The zero-order valence-corrected chi connectivity index (χ0v) is 14.2. The van der Waals surface area contributed by atoms with Crippen molar-refractivity contribution in [3.05, 3.63) is 41.6 Å². The SMILES string of the molecule is CC(C)c1nc(CN(C)[C@@H](C)c2ccc3c(c2)OCCO3)co1. The Bertz CT molecular complexity index is 666. The molecule has 0 saturated carbocycles. The highest BCUT2D eigenvalue weighted by atomic mass is 16.6. The molecule has 0 bridgehead atoms. The number of oxazole rings is 1. The summed E-state index contributed by atoms with van der Waals surface area (Å²) in [5.74, 6) is 2.76. The maximum atomic E-state index is 5.67. The minimum Gasteiger partial charge on any atom is -0.486 e. The van der Waals surface area contributed by atoms with E-state index in [0.29, 0.717) is 19.1 Å². The molecule has 124 valence electrons. The molecule has 1 atom stereocenters. The van der Waals surface area contributed by atoms with Gasteiger partial charge in [-0.25, -0.2) is 4.98 Å². The number of nitrogens with zero attached hydrogens (tertiary/aromatic N) is 2. The fraction of sp³-hybridized carbons (Fsp3) is 0.500. The minimum absolute atomic E-state index is 0.241. The van der Waals surface area contributed by atoms with Crippen molar-refractivity contribution in [1.29, 1.82) is 0 Å². The van der Waals surface area contributed by atoms with Gasteiger partial charge in [0.05, 0.1) is 5.69 Å². The van der Waals surface area contributed by atoms with Crippen molar-refractivity contribution in [3.8, 4) is 11.5 Å². The Morgan fingerprint density at radius 3 is 2.57 bits per heavy atom. The molecule has 1 aromatic carbocycles. The van der Waals surface area contributed by atoms with E-state index in [1.54, 1.807) is 6.26 Å². The van der Waals surface area contributed by atoms with E-state index in [4.69, 9.17) is 13.9 Å². The number of rotatable bonds is 5. The van der Waals surface area contributed by atoms with Gasteiger partial charge in [0.15, 0.2) is 17.4 Å². The number of hydrogen-bond donors (Lipinski definition) is 0. The quantitative estimate of drug-likeness (QED) is 0.840. The fourth-order valence-electron chi connectivity index (χ4n) is 2.63. The van der Waals surface area contributed by atoms with Crippen LogP contribution in [0.2, 0.25) is 0 Å². The van der Waals surface area contributed by atoms with Gasteiger partial charge < -0.3 is 13.9 Å². The molecule has 5 nitrogen and oxygen atoms in total. The van der Waals surface area contributed by atoms with Crippen molar-refractivity contribution in [2.24, 2.45) is 0 Å². The highest BCUT2D eigenvalue weighted by molar-refractivity contribution is 5.44. The van der Waals surface area contributed by atoms with Crippen LogP contribution in [-0.2, 0) is 6.54 Å². The van der Waals surface area contributed by atoms with Crippen LogP contribution in [0.15, 0.2) is 28.9 Å². The van der Waals surface area contributed by atoms with Crippen molar-refractivity contribution in [2.75, 3.05) is 20.3 Å². The number of ether oxygens (including phenoxy) is 2. The summed E-state index contributed by atoms with van der Waals surface area (Å²) in [5, 5.41) is 0. The van der Waals surface area contributed by atoms with Gasteiger partial charge in [-0.1, -0.05) is 19.9 Å². The molecule has 0 radical (unpaired) electrons. The molecule has 1 aliphatic heterocycles. The molecule has 0 spiro atoms. The first-order chi connectivity index (χ1) is 11.0. The normalized spacial score (nSPS) is 15.2. The molecule has 1 aromatic heterocycles. The Morgan fingerprint density at radius 1 is 1.13 bits per heavy atom. The largest absolute Gasteiger partial charge is 0.486 e. The molecule has 2 heterocycles. The minimum atomic E-state index is 0.241. The summed E-state index contributed by atoms with van der Waals surface area (Å²) in [6, 6.07) is 6.39. The summed E-state index contributed by atoms with van der Waals surface area (Å²) in [7, 11) is 2.09. The number of benzene rings is 1. The van der Waals surface area contributed by atoms with Crippen LogP contribution < -0.4 is 9.47 Å². The lowest BCUT2D eigenvalue weighted by molar-refractivity contribution is 0.170. The second-order valence-corrected chi connectivity index (χ2v) is 6.33. The summed E-state index contributed by atoms with van der Waals surface area (Å²) in [6.45, 7) is 8.30. The lowest BCUT2D eigenvalue weighted by Gasteiger charge is -2.26. The molecule has 0 saturated heterocycles. The van der Waals surface area contributed by atoms with Gasteiger partial charge in [-0.15, -0.1) is 0 Å². The molecule has 0 aliphatic carbocycles. The third kappa shape index (κ3) is 3.50. The van der Waals surface area contributed by atoms with E-state index in [1.165, 1.54) is 5.56 Å². The second kappa shape index (κ2) is 6.62. The van der Waals surface area contributed by atoms with Crippen LogP contribution in [0.25, 0.3) is 0 Å². The first-order valence-electron chi connectivity index (χ1n) is 8.08. The zero-order chi connectivity index (χ0) is 16.4. The Labute approximate surface area is 137 Å². The highest BCUT2D eigenvalue weighted by Gasteiger charge is 2.18.